The molecule has 0 amide bonds. The third-order valence-corrected chi connectivity index (χ3v) is 2.36. The third kappa shape index (κ3) is 1.95. The van der Waals surface area contributed by atoms with E-state index in [9.17, 15) is 4.79 Å². The van der Waals surface area contributed by atoms with Crippen LogP contribution in [-0.2, 0) is 0 Å². The lowest BCUT2D eigenvalue weighted by molar-refractivity contribution is 0.101. The molecule has 0 saturated carbocycles. The Labute approximate surface area is 84.6 Å². The Morgan fingerprint density at radius 3 is 2.69 bits per heavy atom. The smallest absolute Gasteiger partial charge is 0.160 e. The van der Waals surface area contributed by atoms with Crippen LogP contribution in [0.3, 0.4) is 0 Å². The Kier molecular flexibility index (Phi) is 2.83. The molecule has 0 unspecified atom stereocenters. The van der Waals surface area contributed by atoms with E-state index in [-0.39, 0.29) is 5.78 Å². The SMILES string of the molecule is CC(=O)c1cc(C=N)c(N)cc1Br. The molecule has 68 valence electrons. The predicted molar refractivity (Wildman–Crippen MR) is 56.4 cm³/mol. The molecule has 0 spiro atoms. The topological polar surface area (TPSA) is 66.9 Å². The second-order valence-corrected chi connectivity index (χ2v) is 3.52. The molecule has 0 fully saturated rings. The molecule has 0 atom stereocenters. The summed E-state index contributed by atoms with van der Waals surface area (Å²) in [6.07, 6.45) is 1.13. The Balaban J connectivity index is 3.38. The predicted octanol–water partition coefficient (Wildman–Crippen LogP) is 2.23. The molecule has 0 heterocycles. The van der Waals surface area contributed by atoms with Gasteiger partial charge in [-0.2, -0.15) is 0 Å². The van der Waals surface area contributed by atoms with Crippen LogP contribution in [0.4, 0.5) is 5.69 Å². The van der Waals surface area contributed by atoms with E-state index in [1.807, 2.05) is 0 Å². The summed E-state index contributed by atoms with van der Waals surface area (Å²) in [5.41, 5.74) is 7.21. The van der Waals surface area contributed by atoms with Gasteiger partial charge in [0.25, 0.3) is 0 Å². The zero-order valence-electron chi connectivity index (χ0n) is 7.10. The number of ketones is 1. The van der Waals surface area contributed by atoms with Crippen LogP contribution in [0.25, 0.3) is 0 Å². The van der Waals surface area contributed by atoms with Crippen molar-refractivity contribution in [2.24, 2.45) is 0 Å². The fourth-order valence-corrected chi connectivity index (χ4v) is 1.64. The van der Waals surface area contributed by atoms with E-state index in [0.717, 1.165) is 6.21 Å². The minimum Gasteiger partial charge on any atom is -0.398 e. The molecule has 3 nitrogen and oxygen atoms in total. The van der Waals surface area contributed by atoms with Gasteiger partial charge in [0.1, 0.15) is 0 Å². The average Bonchev–Trinajstić information content (AvgIpc) is 2.03. The molecule has 0 aliphatic carbocycles. The monoisotopic (exact) mass is 240 g/mol. The Bertz CT molecular complexity index is 374. The second-order valence-electron chi connectivity index (χ2n) is 2.66. The van der Waals surface area contributed by atoms with E-state index >= 15 is 0 Å². The van der Waals surface area contributed by atoms with E-state index in [4.69, 9.17) is 11.1 Å². The molecular weight excluding hydrogens is 232 g/mol. The lowest BCUT2D eigenvalue weighted by Crippen LogP contribution is -1.99. The minimum atomic E-state index is -0.0463. The Hall–Kier alpha value is -1.16. The van der Waals surface area contributed by atoms with Crippen LogP contribution >= 0.6 is 15.9 Å². The van der Waals surface area contributed by atoms with E-state index in [0.29, 0.717) is 21.3 Å². The van der Waals surface area contributed by atoms with Crippen LogP contribution in [0.15, 0.2) is 16.6 Å². The minimum absolute atomic E-state index is 0.0463. The zero-order valence-corrected chi connectivity index (χ0v) is 8.68. The number of halogens is 1. The number of nitrogens with two attached hydrogens (primary N) is 1. The average molecular weight is 241 g/mol. The van der Waals surface area contributed by atoms with Gasteiger partial charge in [-0.15, -0.1) is 0 Å². The van der Waals surface area contributed by atoms with Gasteiger partial charge in [-0.05, 0) is 35.0 Å². The first-order valence-electron chi connectivity index (χ1n) is 3.66. The number of nitrogens with one attached hydrogen (secondary N) is 1. The number of hydrogen-bond donors (Lipinski definition) is 2. The summed E-state index contributed by atoms with van der Waals surface area (Å²) in [6.45, 7) is 1.48. The van der Waals surface area contributed by atoms with Crippen LogP contribution in [-0.4, -0.2) is 12.0 Å². The summed E-state index contributed by atoms with van der Waals surface area (Å²) >= 11 is 3.24. The molecular formula is C9H9BrN2O. The van der Waals surface area contributed by atoms with Crippen molar-refractivity contribution >= 4 is 33.6 Å². The number of anilines is 1. The lowest BCUT2D eigenvalue weighted by atomic mass is 10.1. The molecule has 13 heavy (non-hydrogen) atoms. The first-order chi connectivity index (χ1) is 6.06. The van der Waals surface area contributed by atoms with E-state index < -0.39 is 0 Å². The maximum absolute atomic E-state index is 11.1. The summed E-state index contributed by atoms with van der Waals surface area (Å²) in [4.78, 5) is 11.1. The van der Waals surface area contributed by atoms with Gasteiger partial charge >= 0.3 is 0 Å². The van der Waals surface area contributed by atoms with Crippen molar-refractivity contribution in [3.8, 4) is 0 Å². The van der Waals surface area contributed by atoms with Crippen LogP contribution in [0.2, 0.25) is 0 Å². The van der Waals surface area contributed by atoms with Crippen LogP contribution < -0.4 is 5.73 Å². The van der Waals surface area contributed by atoms with E-state index in [2.05, 4.69) is 15.9 Å². The third-order valence-electron chi connectivity index (χ3n) is 1.71. The van der Waals surface area contributed by atoms with Crippen molar-refractivity contribution in [3.05, 3.63) is 27.7 Å². The molecule has 1 aromatic carbocycles. The Morgan fingerprint density at radius 1 is 1.62 bits per heavy atom. The normalized spacial score (nSPS) is 9.69. The van der Waals surface area contributed by atoms with Gasteiger partial charge in [-0.25, -0.2) is 0 Å². The number of hydrogen-bond acceptors (Lipinski definition) is 3. The maximum atomic E-state index is 11.1. The highest BCUT2D eigenvalue weighted by molar-refractivity contribution is 9.10. The van der Waals surface area contributed by atoms with Crippen molar-refractivity contribution in [2.75, 3.05) is 5.73 Å². The highest BCUT2D eigenvalue weighted by atomic mass is 79.9. The number of carbonyl (C=O) groups is 1. The number of rotatable bonds is 2. The molecule has 0 radical (unpaired) electrons. The first kappa shape index (κ1) is 9.92. The molecule has 0 bridgehead atoms. The van der Waals surface area contributed by atoms with Gasteiger partial charge in [0, 0.05) is 27.5 Å². The van der Waals surface area contributed by atoms with Crippen LogP contribution in [0, 0.1) is 5.41 Å². The largest absolute Gasteiger partial charge is 0.398 e. The fourth-order valence-electron chi connectivity index (χ4n) is 1.00. The molecule has 0 aromatic heterocycles. The zero-order chi connectivity index (χ0) is 10.0. The molecule has 4 heteroatoms. The summed E-state index contributed by atoms with van der Waals surface area (Å²) in [5.74, 6) is -0.0463. The van der Waals surface area contributed by atoms with Crippen molar-refractivity contribution < 1.29 is 4.79 Å². The maximum Gasteiger partial charge on any atom is 0.160 e. The van der Waals surface area contributed by atoms with Gasteiger partial charge in [-0.1, -0.05) is 0 Å². The van der Waals surface area contributed by atoms with Crippen LogP contribution in [0.1, 0.15) is 22.8 Å². The number of carbonyl (C=O) groups excluding carboxylic acids is 1. The van der Waals surface area contributed by atoms with Gasteiger partial charge < -0.3 is 11.1 Å². The number of Topliss-reactive ketones (excluding diaryl/α,β-unsaturated/α-hetero) is 1. The standard InChI is InChI=1S/C9H9BrN2O/c1-5(13)7-2-6(4-11)9(12)3-8(7)10/h2-4,11H,12H2,1H3. The van der Waals surface area contributed by atoms with Crippen molar-refractivity contribution in [1.82, 2.24) is 0 Å². The van der Waals surface area contributed by atoms with E-state index in [1.165, 1.54) is 6.92 Å². The molecule has 0 saturated heterocycles. The summed E-state index contributed by atoms with van der Waals surface area (Å²) in [6, 6.07) is 3.24. The quantitative estimate of drug-likeness (QED) is 0.473. The van der Waals surface area contributed by atoms with Crippen LogP contribution in [0.5, 0.6) is 0 Å². The van der Waals surface area contributed by atoms with Gasteiger partial charge in [0.05, 0.1) is 0 Å². The van der Waals surface area contributed by atoms with Gasteiger partial charge in [-0.3, -0.25) is 4.79 Å². The molecule has 1 rings (SSSR count). The first-order valence-corrected chi connectivity index (χ1v) is 4.46. The summed E-state index contributed by atoms with van der Waals surface area (Å²) < 4.78 is 0.670. The summed E-state index contributed by atoms with van der Waals surface area (Å²) in [7, 11) is 0. The number of benzene rings is 1. The molecule has 3 N–H and O–H groups in total. The molecule has 1 aromatic rings. The van der Waals surface area contributed by atoms with Gasteiger partial charge in [0.2, 0.25) is 0 Å². The fraction of sp³-hybridized carbons (Fsp3) is 0.111. The van der Waals surface area contributed by atoms with Crippen molar-refractivity contribution in [3.63, 3.8) is 0 Å². The highest BCUT2D eigenvalue weighted by Gasteiger charge is 2.08. The van der Waals surface area contributed by atoms with Gasteiger partial charge in [0.15, 0.2) is 5.78 Å². The highest BCUT2D eigenvalue weighted by Crippen LogP contribution is 2.23. The van der Waals surface area contributed by atoms with Crippen molar-refractivity contribution in [2.45, 2.75) is 6.92 Å². The summed E-state index contributed by atoms with van der Waals surface area (Å²) in [5, 5.41) is 7.06. The molecule has 0 aliphatic heterocycles. The Morgan fingerprint density at radius 2 is 2.23 bits per heavy atom. The number of nitrogen functional groups attached to an aromatic ring is 1. The van der Waals surface area contributed by atoms with Crippen molar-refractivity contribution in [1.29, 1.82) is 5.41 Å². The molecule has 0 aliphatic rings. The second kappa shape index (κ2) is 3.70. The lowest BCUT2D eigenvalue weighted by Gasteiger charge is -2.04. The van der Waals surface area contributed by atoms with E-state index in [1.54, 1.807) is 12.1 Å².